The quantitative estimate of drug-likeness (QED) is 0.413. The van der Waals surface area contributed by atoms with E-state index in [1.807, 2.05) is 25.1 Å². The second-order valence-corrected chi connectivity index (χ2v) is 6.50. The number of aryl methyl sites for hydroxylation is 1. The van der Waals surface area contributed by atoms with Gasteiger partial charge in [0.05, 0.1) is 4.92 Å². The van der Waals surface area contributed by atoms with Crippen molar-refractivity contribution in [3.05, 3.63) is 65.7 Å². The standard InChI is InChI=1S/C14H12BrIN2O2/c1-9-6-12(16)4-5-13(9)17-8-10-2-3-11(15)7-14(10)18(19)20/h2-7,17H,8H2,1H3. The lowest BCUT2D eigenvalue weighted by molar-refractivity contribution is -0.385. The molecule has 0 bridgehead atoms. The molecule has 0 fully saturated rings. The molecule has 2 aromatic carbocycles. The highest BCUT2D eigenvalue weighted by Crippen LogP contribution is 2.25. The monoisotopic (exact) mass is 446 g/mol. The Morgan fingerprint density at radius 1 is 1.30 bits per heavy atom. The highest BCUT2D eigenvalue weighted by atomic mass is 127. The first kappa shape index (κ1) is 15.2. The van der Waals surface area contributed by atoms with Crippen molar-refractivity contribution < 1.29 is 4.92 Å². The minimum Gasteiger partial charge on any atom is -0.380 e. The highest BCUT2D eigenvalue weighted by molar-refractivity contribution is 14.1. The fourth-order valence-electron chi connectivity index (χ4n) is 1.87. The molecule has 0 atom stereocenters. The Kier molecular flexibility index (Phi) is 4.98. The van der Waals surface area contributed by atoms with Crippen molar-refractivity contribution in [2.45, 2.75) is 13.5 Å². The van der Waals surface area contributed by atoms with E-state index in [9.17, 15) is 10.1 Å². The molecule has 0 spiro atoms. The summed E-state index contributed by atoms with van der Waals surface area (Å²) in [6.07, 6.45) is 0. The second kappa shape index (κ2) is 6.53. The molecule has 0 unspecified atom stereocenters. The fourth-order valence-corrected chi connectivity index (χ4v) is 2.87. The number of benzene rings is 2. The lowest BCUT2D eigenvalue weighted by Crippen LogP contribution is -2.04. The van der Waals surface area contributed by atoms with Gasteiger partial charge in [-0.15, -0.1) is 0 Å². The molecular formula is C14H12BrIN2O2. The number of nitro benzene ring substituents is 1. The number of halogens is 2. The fraction of sp³-hybridized carbons (Fsp3) is 0.143. The van der Waals surface area contributed by atoms with E-state index in [4.69, 9.17) is 0 Å². The van der Waals surface area contributed by atoms with E-state index >= 15 is 0 Å². The van der Waals surface area contributed by atoms with Crippen LogP contribution >= 0.6 is 38.5 Å². The maximum absolute atomic E-state index is 11.1. The first-order chi connectivity index (χ1) is 9.47. The van der Waals surface area contributed by atoms with Crippen molar-refractivity contribution in [1.82, 2.24) is 0 Å². The predicted molar refractivity (Wildman–Crippen MR) is 92.0 cm³/mol. The molecule has 20 heavy (non-hydrogen) atoms. The van der Waals surface area contributed by atoms with Crippen LogP contribution in [0, 0.1) is 20.6 Å². The topological polar surface area (TPSA) is 55.2 Å². The number of rotatable bonds is 4. The molecule has 0 aliphatic rings. The minimum atomic E-state index is -0.359. The largest absolute Gasteiger partial charge is 0.380 e. The van der Waals surface area contributed by atoms with E-state index in [0.717, 1.165) is 11.3 Å². The van der Waals surface area contributed by atoms with Crippen molar-refractivity contribution >= 4 is 49.9 Å². The summed E-state index contributed by atoms with van der Waals surface area (Å²) in [5, 5.41) is 14.3. The van der Waals surface area contributed by atoms with Crippen molar-refractivity contribution in [2.75, 3.05) is 5.32 Å². The molecule has 1 N–H and O–H groups in total. The van der Waals surface area contributed by atoms with E-state index in [0.29, 0.717) is 16.6 Å². The Hall–Kier alpha value is -1.15. The Morgan fingerprint density at radius 3 is 2.70 bits per heavy atom. The molecule has 0 aliphatic heterocycles. The van der Waals surface area contributed by atoms with Crippen LogP contribution in [-0.2, 0) is 6.54 Å². The first-order valence-corrected chi connectivity index (χ1v) is 7.77. The van der Waals surface area contributed by atoms with Crippen molar-refractivity contribution in [2.24, 2.45) is 0 Å². The highest BCUT2D eigenvalue weighted by Gasteiger charge is 2.13. The zero-order valence-electron chi connectivity index (χ0n) is 10.7. The molecule has 6 heteroatoms. The zero-order chi connectivity index (χ0) is 14.7. The summed E-state index contributed by atoms with van der Waals surface area (Å²) in [6.45, 7) is 2.44. The molecule has 2 rings (SSSR count). The van der Waals surface area contributed by atoms with E-state index in [-0.39, 0.29) is 10.6 Å². The van der Waals surface area contributed by atoms with Crippen LogP contribution in [0.5, 0.6) is 0 Å². The summed E-state index contributed by atoms with van der Waals surface area (Å²) >= 11 is 5.51. The van der Waals surface area contributed by atoms with E-state index in [2.05, 4.69) is 49.9 Å². The third kappa shape index (κ3) is 3.69. The molecular weight excluding hydrogens is 435 g/mol. The van der Waals surface area contributed by atoms with E-state index in [1.54, 1.807) is 6.07 Å². The second-order valence-electron chi connectivity index (χ2n) is 4.34. The van der Waals surface area contributed by atoms with Gasteiger partial charge >= 0.3 is 0 Å². The molecule has 4 nitrogen and oxygen atoms in total. The van der Waals surface area contributed by atoms with Crippen molar-refractivity contribution in [3.63, 3.8) is 0 Å². The zero-order valence-corrected chi connectivity index (χ0v) is 14.4. The average Bonchev–Trinajstić information content (AvgIpc) is 2.38. The Morgan fingerprint density at radius 2 is 2.05 bits per heavy atom. The molecule has 2 aromatic rings. The van der Waals surface area contributed by atoms with Crippen LogP contribution in [0.2, 0.25) is 0 Å². The Balaban J connectivity index is 2.20. The van der Waals surface area contributed by atoms with Gasteiger partial charge in [0.15, 0.2) is 0 Å². The number of nitrogens with one attached hydrogen (secondary N) is 1. The summed E-state index contributed by atoms with van der Waals surface area (Å²) in [7, 11) is 0. The maximum Gasteiger partial charge on any atom is 0.275 e. The normalized spacial score (nSPS) is 10.3. The Bertz CT molecular complexity index is 662. The summed E-state index contributed by atoms with van der Waals surface area (Å²) in [5.74, 6) is 0. The van der Waals surface area contributed by atoms with Gasteiger partial charge in [0.25, 0.3) is 5.69 Å². The molecule has 0 heterocycles. The molecule has 0 amide bonds. The third-order valence-corrected chi connectivity index (χ3v) is 4.07. The van der Waals surface area contributed by atoms with Gasteiger partial charge in [0, 0.05) is 31.9 Å². The predicted octanol–water partition coefficient (Wildman–Crippen LogP) is 4.88. The molecule has 0 aliphatic carbocycles. The van der Waals surface area contributed by atoms with E-state index < -0.39 is 0 Å². The lowest BCUT2D eigenvalue weighted by atomic mass is 10.1. The van der Waals surface area contributed by atoms with Gasteiger partial charge < -0.3 is 5.32 Å². The summed E-state index contributed by atoms with van der Waals surface area (Å²) in [6, 6.07) is 11.2. The maximum atomic E-state index is 11.1. The number of hydrogen-bond donors (Lipinski definition) is 1. The lowest BCUT2D eigenvalue weighted by Gasteiger charge is -2.10. The van der Waals surface area contributed by atoms with Crippen LogP contribution in [0.4, 0.5) is 11.4 Å². The van der Waals surface area contributed by atoms with Gasteiger partial charge in [-0.2, -0.15) is 0 Å². The Labute approximate surface area is 139 Å². The smallest absolute Gasteiger partial charge is 0.275 e. The molecule has 0 radical (unpaired) electrons. The first-order valence-electron chi connectivity index (χ1n) is 5.90. The van der Waals surface area contributed by atoms with Crippen molar-refractivity contribution in [1.29, 1.82) is 0 Å². The molecule has 0 aromatic heterocycles. The third-order valence-electron chi connectivity index (χ3n) is 2.90. The van der Waals surface area contributed by atoms with Crippen LogP contribution in [0.15, 0.2) is 40.9 Å². The molecule has 104 valence electrons. The van der Waals surface area contributed by atoms with Gasteiger partial charge in [0.1, 0.15) is 0 Å². The number of nitro groups is 1. The van der Waals surface area contributed by atoms with E-state index in [1.165, 1.54) is 9.64 Å². The van der Waals surface area contributed by atoms with Gasteiger partial charge in [-0.05, 0) is 65.4 Å². The minimum absolute atomic E-state index is 0.120. The molecule has 0 saturated heterocycles. The van der Waals surface area contributed by atoms with Crippen LogP contribution in [0.3, 0.4) is 0 Å². The van der Waals surface area contributed by atoms with Gasteiger partial charge in [-0.25, -0.2) is 0 Å². The van der Waals surface area contributed by atoms with Gasteiger partial charge in [0.2, 0.25) is 0 Å². The summed E-state index contributed by atoms with van der Waals surface area (Å²) in [5.41, 5.74) is 2.89. The van der Waals surface area contributed by atoms with Crippen LogP contribution in [0.1, 0.15) is 11.1 Å². The van der Waals surface area contributed by atoms with Crippen molar-refractivity contribution in [3.8, 4) is 0 Å². The molecule has 0 saturated carbocycles. The van der Waals surface area contributed by atoms with Gasteiger partial charge in [-0.1, -0.05) is 15.9 Å². The SMILES string of the molecule is Cc1cc(I)ccc1NCc1ccc(Br)cc1[N+](=O)[O-]. The van der Waals surface area contributed by atoms with Gasteiger partial charge in [-0.3, -0.25) is 10.1 Å². The summed E-state index contributed by atoms with van der Waals surface area (Å²) < 4.78 is 1.87. The number of nitrogens with zero attached hydrogens (tertiary/aromatic N) is 1. The van der Waals surface area contributed by atoms with Crippen LogP contribution in [0.25, 0.3) is 0 Å². The van der Waals surface area contributed by atoms with Crippen LogP contribution in [-0.4, -0.2) is 4.92 Å². The average molecular weight is 447 g/mol. The van der Waals surface area contributed by atoms with Crippen LogP contribution < -0.4 is 5.32 Å². The number of anilines is 1. The summed E-state index contributed by atoms with van der Waals surface area (Å²) in [4.78, 5) is 10.7. The number of hydrogen-bond acceptors (Lipinski definition) is 3.